The van der Waals surface area contributed by atoms with Crippen molar-refractivity contribution in [3.8, 4) is 0 Å². The highest BCUT2D eigenvalue weighted by atomic mass is 35.5. The highest BCUT2D eigenvalue weighted by Gasteiger charge is 2.33. The number of nitrogens with one attached hydrogen (secondary N) is 1. The Bertz CT molecular complexity index is 1210. The summed E-state index contributed by atoms with van der Waals surface area (Å²) in [4.78, 5) is 28.3. The minimum atomic E-state index is -3.65. The van der Waals surface area contributed by atoms with E-state index in [1.54, 1.807) is 42.5 Å². The van der Waals surface area contributed by atoms with E-state index >= 15 is 0 Å². The Labute approximate surface area is 222 Å². The molecule has 0 aromatic heterocycles. The minimum Gasteiger partial charge on any atom is -0.339 e. The molecule has 0 aliphatic carbocycles. The maximum atomic E-state index is 13.2. The Balaban J connectivity index is 1.43. The van der Waals surface area contributed by atoms with Crippen LogP contribution in [0.4, 0.5) is 5.69 Å². The van der Waals surface area contributed by atoms with Gasteiger partial charge in [0.2, 0.25) is 15.9 Å². The number of benzene rings is 2. The normalized spacial score (nSPS) is 19.5. The van der Waals surface area contributed by atoms with E-state index in [4.69, 9.17) is 23.2 Å². The van der Waals surface area contributed by atoms with Crippen molar-refractivity contribution >= 4 is 50.7 Å². The molecule has 2 amide bonds. The fraction of sp³-hybridized carbons (Fsp3) is 0.462. The van der Waals surface area contributed by atoms with Gasteiger partial charge in [0.1, 0.15) is 0 Å². The molecular formula is C26H31Cl2N3O4S. The van der Waals surface area contributed by atoms with Crippen LogP contribution < -0.4 is 5.32 Å². The molecule has 36 heavy (non-hydrogen) atoms. The molecule has 2 saturated heterocycles. The highest BCUT2D eigenvalue weighted by molar-refractivity contribution is 7.88. The van der Waals surface area contributed by atoms with Gasteiger partial charge in [-0.25, -0.2) is 12.7 Å². The third-order valence-electron chi connectivity index (χ3n) is 6.79. The number of hydrogen-bond acceptors (Lipinski definition) is 4. The van der Waals surface area contributed by atoms with E-state index in [1.807, 2.05) is 4.90 Å². The lowest BCUT2D eigenvalue weighted by Crippen LogP contribution is -2.44. The first-order chi connectivity index (χ1) is 17.2. The molecule has 0 spiro atoms. The Morgan fingerprint density at radius 2 is 1.64 bits per heavy atom. The van der Waals surface area contributed by atoms with Crippen LogP contribution in [-0.4, -0.2) is 55.6 Å². The summed E-state index contributed by atoms with van der Waals surface area (Å²) in [5, 5.41) is 3.57. The first-order valence-corrected chi connectivity index (χ1v) is 14.7. The van der Waals surface area contributed by atoms with Gasteiger partial charge in [0.15, 0.2) is 0 Å². The number of piperidine rings is 1. The molecule has 2 aromatic carbocycles. The zero-order valence-electron chi connectivity index (χ0n) is 20.1. The molecule has 1 N–H and O–H groups in total. The quantitative estimate of drug-likeness (QED) is 0.535. The summed E-state index contributed by atoms with van der Waals surface area (Å²) in [5.41, 5.74) is 1.47. The number of para-hydroxylation sites is 1. The predicted octanol–water partition coefficient (Wildman–Crippen LogP) is 5.19. The van der Waals surface area contributed by atoms with Crippen molar-refractivity contribution in [1.82, 2.24) is 9.21 Å². The molecule has 2 heterocycles. The van der Waals surface area contributed by atoms with Crippen LogP contribution in [0.1, 0.15) is 54.4 Å². The molecule has 2 aliphatic rings. The lowest BCUT2D eigenvalue weighted by atomic mass is 9.98. The fourth-order valence-corrected chi connectivity index (χ4v) is 6.72. The number of anilines is 1. The van der Waals surface area contributed by atoms with E-state index in [0.717, 1.165) is 38.8 Å². The number of sulfonamides is 1. The van der Waals surface area contributed by atoms with Gasteiger partial charge in [0.25, 0.3) is 5.91 Å². The van der Waals surface area contributed by atoms with Crippen LogP contribution >= 0.6 is 23.2 Å². The second-order valence-corrected chi connectivity index (χ2v) is 12.2. The minimum absolute atomic E-state index is 0.0812. The zero-order chi connectivity index (χ0) is 25.7. The Hall–Kier alpha value is -2.13. The Morgan fingerprint density at radius 3 is 2.36 bits per heavy atom. The lowest BCUT2D eigenvalue weighted by molar-refractivity contribution is -0.120. The van der Waals surface area contributed by atoms with Crippen molar-refractivity contribution in [2.75, 3.05) is 31.5 Å². The maximum Gasteiger partial charge on any atom is 0.255 e. The summed E-state index contributed by atoms with van der Waals surface area (Å²) in [6.45, 7) is 1.89. The Morgan fingerprint density at radius 1 is 0.917 bits per heavy atom. The van der Waals surface area contributed by atoms with E-state index in [0.29, 0.717) is 46.2 Å². The molecule has 4 rings (SSSR count). The molecule has 194 valence electrons. The average Bonchev–Trinajstić information content (AvgIpc) is 3.16. The van der Waals surface area contributed by atoms with Crippen LogP contribution in [-0.2, 0) is 20.6 Å². The summed E-state index contributed by atoms with van der Waals surface area (Å²) in [6, 6.07) is 11.8. The average molecular weight is 553 g/mol. The molecule has 10 heteroatoms. The third kappa shape index (κ3) is 6.59. The SMILES string of the molecule is O=C(Nc1ccccc1C(=O)N1CCCCCC1)[C@H]1CCCN(S(=O)(=O)Cc2ccc(Cl)c(Cl)c2)C1. The van der Waals surface area contributed by atoms with E-state index < -0.39 is 15.9 Å². The molecule has 2 aliphatic heterocycles. The van der Waals surface area contributed by atoms with Crippen LogP contribution in [0.2, 0.25) is 10.0 Å². The van der Waals surface area contributed by atoms with Crippen LogP contribution in [0.3, 0.4) is 0 Å². The van der Waals surface area contributed by atoms with Gasteiger partial charge in [-0.15, -0.1) is 0 Å². The van der Waals surface area contributed by atoms with Crippen LogP contribution in [0.25, 0.3) is 0 Å². The summed E-state index contributed by atoms with van der Waals surface area (Å²) < 4.78 is 27.6. The van der Waals surface area contributed by atoms with Crippen molar-refractivity contribution < 1.29 is 18.0 Å². The van der Waals surface area contributed by atoms with Crippen LogP contribution in [0.5, 0.6) is 0 Å². The second kappa shape index (κ2) is 11.9. The van der Waals surface area contributed by atoms with Gasteiger partial charge >= 0.3 is 0 Å². The summed E-state index contributed by atoms with van der Waals surface area (Å²) in [5.74, 6) is -1.09. The summed E-state index contributed by atoms with van der Waals surface area (Å²) in [7, 11) is -3.65. The zero-order valence-corrected chi connectivity index (χ0v) is 22.4. The monoisotopic (exact) mass is 551 g/mol. The first-order valence-electron chi connectivity index (χ1n) is 12.4. The number of nitrogens with zero attached hydrogens (tertiary/aromatic N) is 2. The second-order valence-electron chi connectivity index (χ2n) is 9.44. The smallest absolute Gasteiger partial charge is 0.255 e. The van der Waals surface area contributed by atoms with Gasteiger partial charge in [-0.05, 0) is 55.5 Å². The molecule has 0 radical (unpaired) electrons. The van der Waals surface area contributed by atoms with E-state index in [-0.39, 0.29) is 24.1 Å². The van der Waals surface area contributed by atoms with Crippen molar-refractivity contribution in [2.45, 2.75) is 44.3 Å². The van der Waals surface area contributed by atoms with Gasteiger partial charge in [0, 0.05) is 26.2 Å². The number of likely N-dealkylation sites (tertiary alicyclic amines) is 1. The van der Waals surface area contributed by atoms with E-state index in [9.17, 15) is 18.0 Å². The first kappa shape index (κ1) is 26.9. The lowest BCUT2D eigenvalue weighted by Gasteiger charge is -2.31. The van der Waals surface area contributed by atoms with E-state index in [2.05, 4.69) is 5.32 Å². The number of carbonyl (C=O) groups is 2. The molecule has 7 nitrogen and oxygen atoms in total. The van der Waals surface area contributed by atoms with Crippen LogP contribution in [0.15, 0.2) is 42.5 Å². The molecule has 0 bridgehead atoms. The summed E-state index contributed by atoms with van der Waals surface area (Å²) in [6.07, 6.45) is 5.35. The van der Waals surface area contributed by atoms with Gasteiger partial charge in [0.05, 0.1) is 33.0 Å². The molecule has 0 saturated carbocycles. The van der Waals surface area contributed by atoms with Gasteiger partial charge in [-0.2, -0.15) is 0 Å². The number of rotatable bonds is 6. The molecule has 2 fully saturated rings. The number of amides is 2. The molecule has 1 atom stereocenters. The number of carbonyl (C=O) groups excluding carboxylic acids is 2. The highest BCUT2D eigenvalue weighted by Crippen LogP contribution is 2.27. The fourth-order valence-electron chi connectivity index (χ4n) is 4.80. The molecule has 2 aromatic rings. The topological polar surface area (TPSA) is 86.8 Å². The van der Waals surface area contributed by atoms with Crippen molar-refractivity contribution in [3.63, 3.8) is 0 Å². The van der Waals surface area contributed by atoms with Crippen molar-refractivity contribution in [3.05, 3.63) is 63.6 Å². The standard InChI is InChI=1S/C26H31Cl2N3O4S/c27-22-12-11-19(16-23(22)28)18-36(34,35)31-15-7-8-20(17-31)25(32)29-24-10-4-3-9-21(24)26(33)30-13-5-1-2-6-14-30/h3-4,9-12,16,20H,1-2,5-8,13-15,17-18H2,(H,29,32)/t20-/m0/s1. The number of hydrogen-bond donors (Lipinski definition) is 1. The molecule has 0 unspecified atom stereocenters. The predicted molar refractivity (Wildman–Crippen MR) is 143 cm³/mol. The largest absolute Gasteiger partial charge is 0.339 e. The van der Waals surface area contributed by atoms with E-state index in [1.165, 1.54) is 4.31 Å². The van der Waals surface area contributed by atoms with Gasteiger partial charge in [-0.1, -0.05) is 54.2 Å². The van der Waals surface area contributed by atoms with Gasteiger partial charge < -0.3 is 10.2 Å². The number of halogens is 2. The van der Waals surface area contributed by atoms with Gasteiger partial charge in [-0.3, -0.25) is 9.59 Å². The van der Waals surface area contributed by atoms with Crippen molar-refractivity contribution in [1.29, 1.82) is 0 Å². The third-order valence-corrected chi connectivity index (χ3v) is 9.35. The summed E-state index contributed by atoms with van der Waals surface area (Å²) >= 11 is 12.0. The van der Waals surface area contributed by atoms with Crippen molar-refractivity contribution in [2.24, 2.45) is 5.92 Å². The van der Waals surface area contributed by atoms with Crippen LogP contribution in [0, 0.1) is 5.92 Å². The molecular weight excluding hydrogens is 521 g/mol. The maximum absolute atomic E-state index is 13.2. The Kier molecular flexibility index (Phi) is 8.93.